The van der Waals surface area contributed by atoms with E-state index in [0.29, 0.717) is 11.3 Å². The quantitative estimate of drug-likeness (QED) is 0.638. The molecule has 2 aromatic rings. The first-order valence-electron chi connectivity index (χ1n) is 6.88. The van der Waals surface area contributed by atoms with Gasteiger partial charge in [-0.15, -0.1) is 0 Å². The van der Waals surface area contributed by atoms with Gasteiger partial charge < -0.3 is 10.1 Å². The third kappa shape index (κ3) is 4.39. The molecule has 2 aromatic carbocycles. The number of benzene rings is 2. The number of carbonyl (C=O) groups is 2. The topological polar surface area (TPSA) is 55.4 Å². The number of carbonyl (C=O) groups excluding carboxylic acids is 2. The second-order valence-corrected chi connectivity index (χ2v) is 5.89. The maximum absolute atomic E-state index is 13.6. The van der Waals surface area contributed by atoms with E-state index >= 15 is 0 Å². The lowest BCUT2D eigenvalue weighted by Crippen LogP contribution is -2.26. The lowest BCUT2D eigenvalue weighted by molar-refractivity contribution is -0.115. The average Bonchev–Trinajstić information content (AvgIpc) is 2.56. The third-order valence-electron chi connectivity index (χ3n) is 3.23. The van der Waals surface area contributed by atoms with Gasteiger partial charge in [0.25, 0.3) is 0 Å². The summed E-state index contributed by atoms with van der Waals surface area (Å²) < 4.78 is 18.3. The van der Waals surface area contributed by atoms with Crippen LogP contribution in [0.1, 0.15) is 15.9 Å². The summed E-state index contributed by atoms with van der Waals surface area (Å²) in [7, 11) is 1.27. The van der Waals surface area contributed by atoms with Crippen LogP contribution in [0.2, 0.25) is 0 Å². The highest BCUT2D eigenvalue weighted by Crippen LogP contribution is 2.19. The number of esters is 1. The first-order valence-corrected chi connectivity index (χ1v) is 7.80. The van der Waals surface area contributed by atoms with E-state index in [2.05, 4.69) is 26.0 Å². The average molecular weight is 380 g/mol. The van der Waals surface area contributed by atoms with Crippen molar-refractivity contribution in [1.82, 2.24) is 0 Å². The van der Waals surface area contributed by atoms with Crippen LogP contribution in [0.3, 0.4) is 0 Å². The molecule has 0 bridgehead atoms. The predicted octanol–water partition coefficient (Wildman–Crippen LogP) is 3.56. The number of para-hydroxylation sites is 1. The number of anilines is 1. The minimum atomic E-state index is -0.634. The van der Waals surface area contributed by atoms with Crippen LogP contribution >= 0.6 is 15.9 Å². The fourth-order valence-corrected chi connectivity index (χ4v) is 2.50. The van der Waals surface area contributed by atoms with Crippen LogP contribution < -0.4 is 5.32 Å². The van der Waals surface area contributed by atoms with Gasteiger partial charge in [-0.25, -0.2) is 9.18 Å². The number of rotatable bonds is 5. The first kappa shape index (κ1) is 17.1. The van der Waals surface area contributed by atoms with Crippen molar-refractivity contribution in [3.63, 3.8) is 0 Å². The molecule has 0 aliphatic heterocycles. The molecular weight excluding hydrogens is 365 g/mol. The second kappa shape index (κ2) is 7.87. The van der Waals surface area contributed by atoms with Crippen LogP contribution in [0.4, 0.5) is 10.1 Å². The smallest absolute Gasteiger partial charge is 0.339 e. The molecule has 0 aromatic heterocycles. The highest BCUT2D eigenvalue weighted by Gasteiger charge is 2.20. The fourth-order valence-electron chi connectivity index (χ4n) is 2.04. The Kier molecular flexibility index (Phi) is 5.87. The van der Waals surface area contributed by atoms with E-state index in [1.807, 2.05) is 0 Å². The van der Waals surface area contributed by atoms with E-state index in [4.69, 9.17) is 0 Å². The highest BCUT2D eigenvalue weighted by molar-refractivity contribution is 9.10. The number of amides is 1. The van der Waals surface area contributed by atoms with Crippen LogP contribution in [-0.4, -0.2) is 23.8 Å². The molecule has 0 radical (unpaired) electrons. The minimum Gasteiger partial charge on any atom is -0.465 e. The van der Waals surface area contributed by atoms with Crippen LogP contribution in [-0.2, 0) is 16.0 Å². The van der Waals surface area contributed by atoms with Crippen LogP contribution in [0.15, 0.2) is 48.5 Å². The Balaban J connectivity index is 2.10. The van der Waals surface area contributed by atoms with Gasteiger partial charge in [-0.1, -0.05) is 46.3 Å². The standard InChI is InChI=1S/C17H15BrFNO3/c1-23-17(22)12-7-3-5-9-15(12)20-16(21)13(18)10-11-6-2-4-8-14(11)19/h2-9,13H,10H2,1H3,(H,20,21). The zero-order valence-corrected chi connectivity index (χ0v) is 14.0. The Morgan fingerprint density at radius 3 is 2.52 bits per heavy atom. The van der Waals surface area contributed by atoms with Crippen molar-refractivity contribution in [2.24, 2.45) is 0 Å². The molecular formula is C17H15BrFNO3. The molecule has 1 unspecified atom stereocenters. The van der Waals surface area contributed by atoms with Crippen molar-refractivity contribution in [3.05, 3.63) is 65.5 Å². The Bertz CT molecular complexity index is 720. The lowest BCUT2D eigenvalue weighted by Gasteiger charge is -2.13. The van der Waals surface area contributed by atoms with E-state index in [-0.39, 0.29) is 23.7 Å². The van der Waals surface area contributed by atoms with E-state index in [0.717, 1.165) is 0 Å². The molecule has 23 heavy (non-hydrogen) atoms. The van der Waals surface area contributed by atoms with Gasteiger partial charge in [-0.05, 0) is 30.2 Å². The van der Waals surface area contributed by atoms with Crippen molar-refractivity contribution in [3.8, 4) is 0 Å². The minimum absolute atomic E-state index is 0.193. The summed E-state index contributed by atoms with van der Waals surface area (Å²) in [4.78, 5) is 23.3. The number of nitrogens with one attached hydrogen (secondary N) is 1. The number of halogens is 2. The van der Waals surface area contributed by atoms with E-state index in [1.54, 1.807) is 42.5 Å². The number of methoxy groups -OCH3 is 1. The molecule has 4 nitrogen and oxygen atoms in total. The molecule has 6 heteroatoms. The molecule has 0 saturated carbocycles. The van der Waals surface area contributed by atoms with Crippen molar-refractivity contribution in [2.45, 2.75) is 11.2 Å². The summed E-state index contributed by atoms with van der Waals surface area (Å²) in [6, 6.07) is 12.8. The molecule has 1 amide bonds. The van der Waals surface area contributed by atoms with Gasteiger partial charge in [0, 0.05) is 0 Å². The van der Waals surface area contributed by atoms with Gasteiger partial charge in [0.1, 0.15) is 5.82 Å². The summed E-state index contributed by atoms with van der Waals surface area (Å²) in [5, 5.41) is 2.66. The SMILES string of the molecule is COC(=O)c1ccccc1NC(=O)C(Br)Cc1ccccc1F. The van der Waals surface area contributed by atoms with Crippen LogP contribution in [0.5, 0.6) is 0 Å². The molecule has 0 saturated heterocycles. The van der Waals surface area contributed by atoms with E-state index in [1.165, 1.54) is 13.2 Å². The van der Waals surface area contributed by atoms with Crippen molar-refractivity contribution >= 4 is 33.5 Å². The van der Waals surface area contributed by atoms with Gasteiger partial charge in [0.05, 0.1) is 23.2 Å². The van der Waals surface area contributed by atoms with E-state index < -0.39 is 10.8 Å². The molecule has 0 aliphatic rings. The molecule has 120 valence electrons. The maximum atomic E-state index is 13.6. The van der Waals surface area contributed by atoms with Gasteiger partial charge in [0.2, 0.25) is 5.91 Å². The Morgan fingerprint density at radius 1 is 1.17 bits per heavy atom. The molecule has 0 spiro atoms. The van der Waals surface area contributed by atoms with Gasteiger partial charge in [-0.2, -0.15) is 0 Å². The summed E-state index contributed by atoms with van der Waals surface area (Å²) >= 11 is 3.26. The van der Waals surface area contributed by atoms with Crippen molar-refractivity contribution < 1.29 is 18.7 Å². The van der Waals surface area contributed by atoms with Gasteiger partial charge in [-0.3, -0.25) is 4.79 Å². The highest BCUT2D eigenvalue weighted by atomic mass is 79.9. The second-order valence-electron chi connectivity index (χ2n) is 4.79. The van der Waals surface area contributed by atoms with Crippen molar-refractivity contribution in [2.75, 3.05) is 12.4 Å². The van der Waals surface area contributed by atoms with Gasteiger partial charge in [0.15, 0.2) is 0 Å². The Morgan fingerprint density at radius 2 is 1.83 bits per heavy atom. The summed E-state index contributed by atoms with van der Waals surface area (Å²) in [5.74, 6) is -1.27. The predicted molar refractivity (Wildman–Crippen MR) is 89.2 cm³/mol. The monoisotopic (exact) mass is 379 g/mol. The molecule has 0 fully saturated rings. The Labute approximate surface area is 141 Å². The normalized spacial score (nSPS) is 11.6. The lowest BCUT2D eigenvalue weighted by atomic mass is 10.1. The molecule has 1 N–H and O–H groups in total. The fraction of sp³-hybridized carbons (Fsp3) is 0.176. The Hall–Kier alpha value is -2.21. The summed E-state index contributed by atoms with van der Waals surface area (Å²) in [6.45, 7) is 0. The van der Waals surface area contributed by atoms with Gasteiger partial charge >= 0.3 is 5.97 Å². The zero-order valence-electron chi connectivity index (χ0n) is 12.4. The van der Waals surface area contributed by atoms with Crippen LogP contribution in [0.25, 0.3) is 0 Å². The molecule has 1 atom stereocenters. The maximum Gasteiger partial charge on any atom is 0.339 e. The molecule has 0 heterocycles. The third-order valence-corrected chi connectivity index (χ3v) is 3.97. The van der Waals surface area contributed by atoms with Crippen molar-refractivity contribution in [1.29, 1.82) is 0 Å². The van der Waals surface area contributed by atoms with Crippen LogP contribution in [0, 0.1) is 5.82 Å². The molecule has 2 rings (SSSR count). The van der Waals surface area contributed by atoms with E-state index in [9.17, 15) is 14.0 Å². The summed E-state index contributed by atoms with van der Waals surface area (Å²) in [6.07, 6.45) is 0.193. The number of ether oxygens (including phenoxy) is 1. The zero-order chi connectivity index (χ0) is 16.8. The number of alkyl halides is 1. The first-order chi connectivity index (χ1) is 11.0. The molecule has 0 aliphatic carbocycles. The summed E-state index contributed by atoms with van der Waals surface area (Å²) in [5.41, 5.74) is 1.04. The number of hydrogen-bond acceptors (Lipinski definition) is 3. The number of hydrogen-bond donors (Lipinski definition) is 1. The largest absolute Gasteiger partial charge is 0.465 e.